The molecule has 1 fully saturated rings. The van der Waals surface area contributed by atoms with E-state index in [1.165, 1.54) is 0 Å². The maximum Gasteiger partial charge on any atom is 0.295 e. The number of benzene rings is 2. The number of aliphatic hydroxyl groups is 1. The van der Waals surface area contributed by atoms with Gasteiger partial charge >= 0.3 is 0 Å². The normalized spacial score (nSPS) is 17.8. The molecular weight excluding hydrogens is 404 g/mol. The Labute approximate surface area is 189 Å². The maximum atomic E-state index is 13.1. The molecule has 0 bridgehead atoms. The highest BCUT2D eigenvalue weighted by Gasteiger charge is 2.46. The van der Waals surface area contributed by atoms with Crippen LogP contribution in [0.15, 0.2) is 60.7 Å². The van der Waals surface area contributed by atoms with Crippen molar-refractivity contribution in [1.82, 2.24) is 9.80 Å². The Bertz CT molecular complexity index is 1050. The number of likely N-dealkylation sites (N-methyl/N-ethyl adjacent to an activating group) is 1. The second-order valence-electron chi connectivity index (χ2n) is 8.28. The summed E-state index contributed by atoms with van der Waals surface area (Å²) in [6.45, 7) is 8.79. The third kappa shape index (κ3) is 4.75. The maximum absolute atomic E-state index is 13.1. The van der Waals surface area contributed by atoms with Crippen molar-refractivity contribution in [2.75, 3.05) is 33.8 Å². The van der Waals surface area contributed by atoms with Crippen LogP contribution in [-0.2, 0) is 9.59 Å². The zero-order valence-electron chi connectivity index (χ0n) is 19.1. The fraction of sp³-hybridized carbons (Fsp3) is 0.308. The molecule has 1 N–H and O–H groups in total. The third-order valence-electron chi connectivity index (χ3n) is 5.54. The molecule has 1 saturated heterocycles. The predicted molar refractivity (Wildman–Crippen MR) is 126 cm³/mol. The number of rotatable bonds is 8. The largest absolute Gasteiger partial charge is 0.507 e. The second-order valence-corrected chi connectivity index (χ2v) is 8.28. The Morgan fingerprint density at radius 3 is 2.44 bits per heavy atom. The Hall–Kier alpha value is -3.38. The molecule has 6 heteroatoms. The van der Waals surface area contributed by atoms with Gasteiger partial charge < -0.3 is 19.6 Å². The number of carbonyl (C=O) groups is 2. The molecule has 1 aliphatic rings. The van der Waals surface area contributed by atoms with Gasteiger partial charge in [0.2, 0.25) is 0 Å². The zero-order chi connectivity index (χ0) is 23.4. The van der Waals surface area contributed by atoms with E-state index in [0.29, 0.717) is 31.0 Å². The number of hydrogen-bond donors (Lipinski definition) is 1. The van der Waals surface area contributed by atoms with Crippen molar-refractivity contribution in [1.29, 1.82) is 0 Å². The van der Waals surface area contributed by atoms with Crippen molar-refractivity contribution in [3.63, 3.8) is 0 Å². The monoisotopic (exact) mass is 434 g/mol. The van der Waals surface area contributed by atoms with E-state index in [9.17, 15) is 14.7 Å². The molecule has 2 aromatic carbocycles. The van der Waals surface area contributed by atoms with Crippen molar-refractivity contribution in [2.45, 2.75) is 19.9 Å². The van der Waals surface area contributed by atoms with Crippen molar-refractivity contribution in [3.8, 4) is 5.75 Å². The molecule has 1 atom stereocenters. The molecule has 1 aliphatic heterocycles. The second kappa shape index (κ2) is 9.83. The first-order chi connectivity index (χ1) is 15.2. The van der Waals surface area contributed by atoms with Gasteiger partial charge in [-0.15, -0.1) is 0 Å². The van der Waals surface area contributed by atoms with Crippen LogP contribution in [0, 0.1) is 13.8 Å². The number of aliphatic hydroxyl groups excluding tert-OH is 1. The van der Waals surface area contributed by atoms with Crippen LogP contribution < -0.4 is 4.74 Å². The first-order valence-electron chi connectivity index (χ1n) is 10.6. The zero-order valence-corrected chi connectivity index (χ0v) is 19.1. The van der Waals surface area contributed by atoms with Gasteiger partial charge in [-0.2, -0.15) is 0 Å². The summed E-state index contributed by atoms with van der Waals surface area (Å²) < 4.78 is 5.56. The summed E-state index contributed by atoms with van der Waals surface area (Å²) in [5.41, 5.74) is 3.22. The molecule has 2 aromatic rings. The SMILES string of the molecule is C=CCOc1ccc(C(O)=C2C(=O)C(=O)N(CCN(C)C)[C@H]2c2ccc(C)cc2)c(C)c1. The van der Waals surface area contributed by atoms with Crippen LogP contribution in [0.25, 0.3) is 5.76 Å². The summed E-state index contributed by atoms with van der Waals surface area (Å²) in [5.74, 6) is -0.796. The Balaban J connectivity index is 2.11. The van der Waals surface area contributed by atoms with Gasteiger partial charge in [0.1, 0.15) is 18.1 Å². The van der Waals surface area contributed by atoms with E-state index in [2.05, 4.69) is 6.58 Å². The van der Waals surface area contributed by atoms with Crippen LogP contribution >= 0.6 is 0 Å². The lowest BCUT2D eigenvalue weighted by Crippen LogP contribution is -2.35. The molecular formula is C26H30N2O4. The summed E-state index contributed by atoms with van der Waals surface area (Å²) in [5, 5.41) is 11.3. The molecule has 168 valence electrons. The lowest BCUT2D eigenvalue weighted by atomic mass is 9.93. The number of Topliss-reactive ketones (excluding diaryl/α,β-unsaturated/α-hetero) is 1. The first kappa shape index (κ1) is 23.3. The number of hydrogen-bond acceptors (Lipinski definition) is 5. The molecule has 3 rings (SSSR count). The first-order valence-corrected chi connectivity index (χ1v) is 10.6. The Kier molecular flexibility index (Phi) is 7.15. The number of aryl methyl sites for hydroxylation is 2. The van der Waals surface area contributed by atoms with Gasteiger partial charge in [0.15, 0.2) is 0 Å². The molecule has 0 aromatic heterocycles. The van der Waals surface area contributed by atoms with Gasteiger partial charge in [-0.25, -0.2) is 0 Å². The van der Waals surface area contributed by atoms with Crippen LogP contribution in [0.4, 0.5) is 0 Å². The highest BCUT2D eigenvalue weighted by molar-refractivity contribution is 6.46. The van der Waals surface area contributed by atoms with E-state index in [4.69, 9.17) is 4.74 Å². The number of ether oxygens (including phenoxy) is 1. The van der Waals surface area contributed by atoms with Crippen LogP contribution in [0.3, 0.4) is 0 Å². The van der Waals surface area contributed by atoms with Gasteiger partial charge in [-0.3, -0.25) is 9.59 Å². The van der Waals surface area contributed by atoms with Gasteiger partial charge in [0.05, 0.1) is 11.6 Å². The standard InChI is InChI=1S/C26H30N2O4/c1-6-15-32-20-11-12-21(18(3)16-20)24(29)22-23(19-9-7-17(2)8-10-19)28(14-13-27(4)5)26(31)25(22)30/h6-12,16,23,29H,1,13-15H2,2-5H3/t23-/m0/s1. The molecule has 0 saturated carbocycles. The van der Waals surface area contributed by atoms with E-state index in [1.807, 2.05) is 57.1 Å². The fourth-order valence-corrected chi connectivity index (χ4v) is 3.81. The van der Waals surface area contributed by atoms with E-state index in [1.54, 1.807) is 29.2 Å². The van der Waals surface area contributed by atoms with Crippen LogP contribution in [0.2, 0.25) is 0 Å². The number of carbonyl (C=O) groups excluding carboxylic acids is 2. The molecule has 1 heterocycles. The van der Waals surface area contributed by atoms with Crippen molar-refractivity contribution < 1.29 is 19.4 Å². The quantitative estimate of drug-likeness (QED) is 0.296. The average Bonchev–Trinajstić information content (AvgIpc) is 3.01. The van der Waals surface area contributed by atoms with Crippen molar-refractivity contribution in [2.24, 2.45) is 0 Å². The van der Waals surface area contributed by atoms with Crippen LogP contribution in [-0.4, -0.2) is 60.4 Å². The molecule has 0 spiro atoms. The molecule has 0 aliphatic carbocycles. The fourth-order valence-electron chi connectivity index (χ4n) is 3.81. The molecule has 0 unspecified atom stereocenters. The minimum Gasteiger partial charge on any atom is -0.507 e. The number of likely N-dealkylation sites (tertiary alicyclic amines) is 1. The minimum absolute atomic E-state index is 0.112. The lowest BCUT2D eigenvalue weighted by Gasteiger charge is -2.26. The van der Waals surface area contributed by atoms with Crippen LogP contribution in [0.5, 0.6) is 5.75 Å². The minimum atomic E-state index is -0.668. The highest BCUT2D eigenvalue weighted by Crippen LogP contribution is 2.40. The number of amides is 1. The predicted octanol–water partition coefficient (Wildman–Crippen LogP) is 3.85. The Morgan fingerprint density at radius 2 is 1.84 bits per heavy atom. The van der Waals surface area contributed by atoms with Gasteiger partial charge in [-0.05, 0) is 57.3 Å². The van der Waals surface area contributed by atoms with Gasteiger partial charge in [-0.1, -0.05) is 42.5 Å². The summed E-state index contributed by atoms with van der Waals surface area (Å²) in [4.78, 5) is 29.5. The van der Waals surface area contributed by atoms with E-state index >= 15 is 0 Å². The molecule has 32 heavy (non-hydrogen) atoms. The Morgan fingerprint density at radius 1 is 1.16 bits per heavy atom. The van der Waals surface area contributed by atoms with Crippen molar-refractivity contribution >= 4 is 17.4 Å². The molecule has 6 nitrogen and oxygen atoms in total. The van der Waals surface area contributed by atoms with E-state index < -0.39 is 17.7 Å². The summed E-state index contributed by atoms with van der Waals surface area (Å²) in [6.07, 6.45) is 1.65. The summed E-state index contributed by atoms with van der Waals surface area (Å²) in [6, 6.07) is 12.3. The van der Waals surface area contributed by atoms with Gasteiger partial charge in [0.25, 0.3) is 11.7 Å². The van der Waals surface area contributed by atoms with E-state index in [-0.39, 0.29) is 11.3 Å². The summed E-state index contributed by atoms with van der Waals surface area (Å²) in [7, 11) is 3.83. The average molecular weight is 435 g/mol. The highest BCUT2D eigenvalue weighted by atomic mass is 16.5. The van der Waals surface area contributed by atoms with Gasteiger partial charge in [0, 0.05) is 18.7 Å². The van der Waals surface area contributed by atoms with Crippen LogP contribution in [0.1, 0.15) is 28.3 Å². The smallest absolute Gasteiger partial charge is 0.295 e. The number of nitrogens with zero attached hydrogens (tertiary/aromatic N) is 2. The van der Waals surface area contributed by atoms with Crippen molar-refractivity contribution in [3.05, 3.63) is 82.9 Å². The van der Waals surface area contributed by atoms with E-state index in [0.717, 1.165) is 16.7 Å². The topological polar surface area (TPSA) is 70.1 Å². The lowest BCUT2D eigenvalue weighted by molar-refractivity contribution is -0.140. The molecule has 0 radical (unpaired) electrons. The third-order valence-corrected chi connectivity index (χ3v) is 5.54. The number of ketones is 1. The summed E-state index contributed by atoms with van der Waals surface area (Å²) >= 11 is 0. The molecule has 1 amide bonds.